The molecule has 1 aliphatic heterocycles. The molecular formula is C28H33NO4. The second-order valence-corrected chi connectivity index (χ2v) is 9.94. The van der Waals surface area contributed by atoms with E-state index in [9.17, 15) is 14.7 Å². The number of hydrogen-bond acceptors (Lipinski definition) is 4. The average Bonchev–Trinajstić information content (AvgIpc) is 3.42. The third kappa shape index (κ3) is 4.08. The van der Waals surface area contributed by atoms with Crippen LogP contribution < -0.4 is 5.32 Å². The van der Waals surface area contributed by atoms with Crippen molar-refractivity contribution >= 4 is 11.9 Å². The van der Waals surface area contributed by atoms with Gasteiger partial charge in [-0.25, -0.2) is 0 Å². The number of rotatable bonds is 7. The zero-order chi connectivity index (χ0) is 22.8. The minimum Gasteiger partial charge on any atom is -0.480 e. The van der Waals surface area contributed by atoms with Crippen LogP contribution in [0.2, 0.25) is 0 Å². The summed E-state index contributed by atoms with van der Waals surface area (Å²) in [7, 11) is 0. The summed E-state index contributed by atoms with van der Waals surface area (Å²) >= 11 is 0. The fourth-order valence-corrected chi connectivity index (χ4v) is 6.34. The molecule has 5 nitrogen and oxygen atoms in total. The molecule has 1 heterocycles. The lowest BCUT2D eigenvalue weighted by Crippen LogP contribution is -2.54. The number of carboxylic acid groups (broad SMARTS) is 1. The van der Waals surface area contributed by atoms with Gasteiger partial charge < -0.3 is 15.2 Å². The summed E-state index contributed by atoms with van der Waals surface area (Å²) in [6.45, 7) is 0.771. The Bertz CT molecular complexity index is 983. The Morgan fingerprint density at radius 2 is 1.58 bits per heavy atom. The van der Waals surface area contributed by atoms with E-state index in [2.05, 4.69) is 29.6 Å². The number of benzene rings is 2. The van der Waals surface area contributed by atoms with Crippen molar-refractivity contribution in [1.29, 1.82) is 0 Å². The van der Waals surface area contributed by atoms with Gasteiger partial charge in [-0.1, -0.05) is 80.6 Å². The summed E-state index contributed by atoms with van der Waals surface area (Å²) in [5.41, 5.74) is 3.49. The highest BCUT2D eigenvalue weighted by Gasteiger charge is 2.53. The topological polar surface area (TPSA) is 75.6 Å². The minimum absolute atomic E-state index is 0.0165. The molecule has 0 bridgehead atoms. The van der Waals surface area contributed by atoms with E-state index in [1.165, 1.54) is 43.2 Å². The third-order valence-corrected chi connectivity index (χ3v) is 8.16. The van der Waals surface area contributed by atoms with Crippen LogP contribution in [0.4, 0.5) is 0 Å². The van der Waals surface area contributed by atoms with Crippen LogP contribution in [-0.2, 0) is 14.3 Å². The quantitative estimate of drug-likeness (QED) is 0.575. The molecule has 2 N–H and O–H groups in total. The number of nitrogens with one attached hydrogen (secondary N) is 1. The SMILES string of the molecule is O=C(OCC1c2ccccc2-c2ccccc21)C1CCN[C@]1(CCC1CCCCC1)C(=O)O. The Kier molecular flexibility index (Phi) is 6.24. The number of carboxylic acids is 1. The molecule has 1 saturated carbocycles. The van der Waals surface area contributed by atoms with Crippen molar-refractivity contribution in [3.63, 3.8) is 0 Å². The first kappa shape index (κ1) is 22.1. The molecule has 1 saturated heterocycles. The number of aliphatic carboxylic acids is 1. The average molecular weight is 448 g/mol. The van der Waals surface area contributed by atoms with Crippen LogP contribution in [0, 0.1) is 11.8 Å². The van der Waals surface area contributed by atoms with Crippen molar-refractivity contribution in [2.24, 2.45) is 11.8 Å². The highest BCUT2D eigenvalue weighted by atomic mass is 16.5. The number of esters is 1. The van der Waals surface area contributed by atoms with Crippen LogP contribution in [-0.4, -0.2) is 35.7 Å². The predicted octanol–water partition coefficient (Wildman–Crippen LogP) is 5.14. The normalized spacial score (nSPS) is 24.9. The van der Waals surface area contributed by atoms with Crippen molar-refractivity contribution < 1.29 is 19.4 Å². The van der Waals surface area contributed by atoms with E-state index < -0.39 is 17.4 Å². The lowest BCUT2D eigenvalue weighted by Gasteiger charge is -2.32. The lowest BCUT2D eigenvalue weighted by molar-refractivity contribution is -0.159. The zero-order valence-corrected chi connectivity index (χ0v) is 19.1. The molecule has 0 spiro atoms. The van der Waals surface area contributed by atoms with Crippen LogP contribution in [0.5, 0.6) is 0 Å². The fraction of sp³-hybridized carbons (Fsp3) is 0.500. The molecule has 174 valence electrons. The lowest BCUT2D eigenvalue weighted by atomic mass is 9.77. The first-order valence-electron chi connectivity index (χ1n) is 12.4. The van der Waals surface area contributed by atoms with Gasteiger partial charge in [-0.05, 0) is 54.0 Å². The van der Waals surface area contributed by atoms with Gasteiger partial charge >= 0.3 is 11.9 Å². The zero-order valence-electron chi connectivity index (χ0n) is 19.1. The maximum atomic E-state index is 13.3. The van der Waals surface area contributed by atoms with Gasteiger partial charge in [0, 0.05) is 5.92 Å². The monoisotopic (exact) mass is 447 g/mol. The van der Waals surface area contributed by atoms with Crippen molar-refractivity contribution in [3.05, 3.63) is 59.7 Å². The second-order valence-electron chi connectivity index (χ2n) is 9.94. The Balaban J connectivity index is 1.30. The number of ether oxygens (including phenoxy) is 1. The summed E-state index contributed by atoms with van der Waals surface area (Å²) in [4.78, 5) is 25.7. The molecule has 0 aromatic heterocycles. The molecule has 2 aliphatic carbocycles. The van der Waals surface area contributed by atoms with Gasteiger partial charge in [-0.2, -0.15) is 0 Å². The minimum atomic E-state index is -1.21. The Labute approximate surface area is 195 Å². The fourth-order valence-electron chi connectivity index (χ4n) is 6.34. The van der Waals surface area contributed by atoms with Crippen molar-refractivity contribution in [1.82, 2.24) is 5.32 Å². The van der Waals surface area contributed by atoms with Gasteiger partial charge in [0.25, 0.3) is 0 Å². The molecule has 3 aliphatic rings. The largest absolute Gasteiger partial charge is 0.480 e. The van der Waals surface area contributed by atoms with Crippen molar-refractivity contribution in [2.75, 3.05) is 13.2 Å². The number of hydrogen-bond donors (Lipinski definition) is 2. The van der Waals surface area contributed by atoms with Crippen LogP contribution in [0.3, 0.4) is 0 Å². The summed E-state index contributed by atoms with van der Waals surface area (Å²) in [6, 6.07) is 16.5. The molecule has 2 aromatic carbocycles. The number of carbonyl (C=O) groups excluding carboxylic acids is 1. The first-order chi connectivity index (χ1) is 16.1. The van der Waals surface area contributed by atoms with Gasteiger partial charge in [-0.15, -0.1) is 0 Å². The molecule has 2 atom stereocenters. The maximum absolute atomic E-state index is 13.3. The Morgan fingerprint density at radius 1 is 0.939 bits per heavy atom. The summed E-state index contributed by atoms with van der Waals surface area (Å²) in [5, 5.41) is 13.4. The van der Waals surface area contributed by atoms with Gasteiger partial charge in [0.2, 0.25) is 0 Å². The van der Waals surface area contributed by atoms with E-state index in [0.29, 0.717) is 25.3 Å². The van der Waals surface area contributed by atoms with E-state index in [1.54, 1.807) is 0 Å². The Morgan fingerprint density at radius 3 is 2.21 bits per heavy atom. The standard InChI is InChI=1S/C28H33NO4/c30-26(25-15-17-29-28(25,27(31)32)16-14-19-8-2-1-3-9-19)33-18-24-22-12-6-4-10-20(22)21-11-5-7-13-23(21)24/h4-7,10-13,19,24-25,29H,1-3,8-9,14-18H2,(H,31,32)/t25?,28-/m0/s1. The third-order valence-electron chi connectivity index (χ3n) is 8.16. The van der Waals surface area contributed by atoms with Gasteiger partial charge in [-0.3, -0.25) is 9.59 Å². The summed E-state index contributed by atoms with van der Waals surface area (Å²) in [5.74, 6) is -1.40. The van der Waals surface area contributed by atoms with E-state index in [1.807, 2.05) is 24.3 Å². The smallest absolute Gasteiger partial charge is 0.324 e. The number of fused-ring (bicyclic) bond motifs is 3. The molecule has 0 amide bonds. The van der Waals surface area contributed by atoms with Crippen molar-refractivity contribution in [3.8, 4) is 11.1 Å². The number of carbonyl (C=O) groups is 2. The van der Waals surface area contributed by atoms with E-state index in [0.717, 1.165) is 17.5 Å². The van der Waals surface area contributed by atoms with Crippen LogP contribution in [0.25, 0.3) is 11.1 Å². The molecule has 5 rings (SSSR count). The van der Waals surface area contributed by atoms with Crippen LogP contribution in [0.1, 0.15) is 68.4 Å². The van der Waals surface area contributed by atoms with Crippen LogP contribution in [0.15, 0.2) is 48.5 Å². The molecule has 0 radical (unpaired) electrons. The van der Waals surface area contributed by atoms with E-state index >= 15 is 0 Å². The molecule has 2 aromatic rings. The van der Waals surface area contributed by atoms with E-state index in [4.69, 9.17) is 4.74 Å². The molecular weight excluding hydrogens is 414 g/mol. The first-order valence-corrected chi connectivity index (χ1v) is 12.4. The van der Waals surface area contributed by atoms with Crippen molar-refractivity contribution in [2.45, 2.75) is 62.8 Å². The van der Waals surface area contributed by atoms with E-state index in [-0.39, 0.29) is 18.5 Å². The van der Waals surface area contributed by atoms with Crippen LogP contribution >= 0.6 is 0 Å². The molecule has 1 unspecified atom stereocenters. The van der Waals surface area contributed by atoms with Gasteiger partial charge in [0.15, 0.2) is 0 Å². The Hall–Kier alpha value is -2.66. The molecule has 5 heteroatoms. The van der Waals surface area contributed by atoms with Gasteiger partial charge in [0.1, 0.15) is 12.1 Å². The predicted molar refractivity (Wildman–Crippen MR) is 127 cm³/mol. The highest BCUT2D eigenvalue weighted by Crippen LogP contribution is 2.45. The second kappa shape index (κ2) is 9.30. The highest BCUT2D eigenvalue weighted by molar-refractivity contribution is 5.88. The summed E-state index contributed by atoms with van der Waals surface area (Å²) < 4.78 is 5.88. The molecule has 33 heavy (non-hydrogen) atoms. The molecule has 2 fully saturated rings. The summed E-state index contributed by atoms with van der Waals surface area (Å²) in [6.07, 6.45) is 7.93. The maximum Gasteiger partial charge on any atom is 0.324 e. The van der Waals surface area contributed by atoms with Gasteiger partial charge in [0.05, 0.1) is 5.92 Å².